The first-order chi connectivity index (χ1) is 11.2. The zero-order chi connectivity index (χ0) is 16.2. The zero-order valence-electron chi connectivity index (χ0n) is 14.0. The van der Waals surface area contributed by atoms with Crippen LogP contribution in [0.4, 0.5) is 0 Å². The van der Waals surface area contributed by atoms with E-state index in [2.05, 4.69) is 22.8 Å². The van der Waals surface area contributed by atoms with Gasteiger partial charge in [0.2, 0.25) is 5.91 Å². The molecular weight excluding hydrogens is 308 g/mol. The number of carbonyl (C=O) groups is 1. The Morgan fingerprint density at radius 1 is 1.22 bits per heavy atom. The highest BCUT2D eigenvalue weighted by Crippen LogP contribution is 2.36. The van der Waals surface area contributed by atoms with Crippen LogP contribution in [0.1, 0.15) is 57.1 Å². The summed E-state index contributed by atoms with van der Waals surface area (Å²) in [6.07, 6.45) is 7.20. The van der Waals surface area contributed by atoms with E-state index in [1.165, 1.54) is 25.7 Å². The van der Waals surface area contributed by atoms with Gasteiger partial charge in [-0.25, -0.2) is 0 Å². The number of carbonyl (C=O) groups excluding carboxylic acids is 1. The van der Waals surface area contributed by atoms with E-state index in [0.29, 0.717) is 12.6 Å². The number of amides is 1. The largest absolute Gasteiger partial charge is 0.342 e. The molecule has 2 fully saturated rings. The molecule has 0 aromatic heterocycles. The quantitative estimate of drug-likeness (QED) is 0.803. The third-order valence-corrected chi connectivity index (χ3v) is 5.49. The smallest absolute Gasteiger partial charge is 0.236 e. The van der Waals surface area contributed by atoms with Crippen molar-refractivity contribution < 1.29 is 4.79 Å². The molecule has 0 bridgehead atoms. The molecule has 4 heteroatoms. The second kappa shape index (κ2) is 7.67. The van der Waals surface area contributed by atoms with Crippen LogP contribution in [0.25, 0.3) is 0 Å². The summed E-state index contributed by atoms with van der Waals surface area (Å²) in [4.78, 5) is 17.2. The fourth-order valence-electron chi connectivity index (χ4n) is 3.56. The van der Waals surface area contributed by atoms with Gasteiger partial charge in [-0.2, -0.15) is 0 Å². The Hall–Kier alpha value is -1.06. The number of hydrogen-bond donors (Lipinski definition) is 0. The number of likely N-dealkylation sites (tertiary alicyclic amines) is 1. The van der Waals surface area contributed by atoms with Crippen molar-refractivity contribution in [1.82, 2.24) is 9.80 Å². The minimum absolute atomic E-state index is 0.187. The molecule has 0 spiro atoms. The second-order valence-electron chi connectivity index (χ2n) is 6.90. The number of halogens is 1. The zero-order valence-corrected chi connectivity index (χ0v) is 14.8. The molecule has 0 radical (unpaired) electrons. The third kappa shape index (κ3) is 4.27. The molecule has 1 aromatic rings. The molecule has 0 N–H and O–H groups in total. The molecule has 1 aliphatic heterocycles. The first kappa shape index (κ1) is 16.8. The summed E-state index contributed by atoms with van der Waals surface area (Å²) in [5.41, 5.74) is 1.13. The van der Waals surface area contributed by atoms with E-state index < -0.39 is 0 Å². The maximum atomic E-state index is 12.8. The normalized spacial score (nSPS) is 20.4. The van der Waals surface area contributed by atoms with E-state index in [-0.39, 0.29) is 11.9 Å². The predicted molar refractivity (Wildman–Crippen MR) is 94.6 cm³/mol. The molecule has 1 unspecified atom stereocenters. The number of hydrogen-bond acceptors (Lipinski definition) is 2. The molecule has 126 valence electrons. The fraction of sp³-hybridized carbons (Fsp3) is 0.632. The van der Waals surface area contributed by atoms with Crippen molar-refractivity contribution in [1.29, 1.82) is 0 Å². The Kier molecular flexibility index (Phi) is 5.60. The minimum Gasteiger partial charge on any atom is -0.342 e. The summed E-state index contributed by atoms with van der Waals surface area (Å²) < 4.78 is 0. The molecule has 1 aromatic carbocycles. The summed E-state index contributed by atoms with van der Waals surface area (Å²) in [7, 11) is 0. The van der Waals surface area contributed by atoms with E-state index in [9.17, 15) is 4.79 Å². The van der Waals surface area contributed by atoms with Gasteiger partial charge in [-0.05, 0) is 44.2 Å². The van der Waals surface area contributed by atoms with Crippen LogP contribution in [0.2, 0.25) is 5.02 Å². The van der Waals surface area contributed by atoms with Crippen molar-refractivity contribution >= 4 is 17.5 Å². The van der Waals surface area contributed by atoms with Gasteiger partial charge in [-0.15, -0.1) is 0 Å². The Bertz CT molecular complexity index is 536. The topological polar surface area (TPSA) is 23.6 Å². The van der Waals surface area contributed by atoms with Gasteiger partial charge in [-0.3, -0.25) is 9.69 Å². The lowest BCUT2D eigenvalue weighted by Crippen LogP contribution is -2.42. The number of rotatable bonds is 5. The molecular formula is C19H27ClN2O. The molecule has 1 amide bonds. The van der Waals surface area contributed by atoms with Crippen molar-refractivity contribution in [3.8, 4) is 0 Å². The van der Waals surface area contributed by atoms with E-state index in [4.69, 9.17) is 11.6 Å². The van der Waals surface area contributed by atoms with Crippen LogP contribution in [0.15, 0.2) is 24.3 Å². The summed E-state index contributed by atoms with van der Waals surface area (Å²) in [5, 5.41) is 0.799. The molecule has 1 heterocycles. The maximum Gasteiger partial charge on any atom is 0.236 e. The molecule has 1 saturated carbocycles. The maximum absolute atomic E-state index is 12.8. The van der Waals surface area contributed by atoms with Gasteiger partial charge in [0.15, 0.2) is 0 Å². The van der Waals surface area contributed by atoms with Crippen molar-refractivity contribution in [2.75, 3.05) is 19.6 Å². The van der Waals surface area contributed by atoms with Crippen LogP contribution in [-0.4, -0.2) is 41.4 Å². The van der Waals surface area contributed by atoms with Gasteiger partial charge in [0.1, 0.15) is 0 Å². The van der Waals surface area contributed by atoms with E-state index in [1.807, 2.05) is 18.2 Å². The van der Waals surface area contributed by atoms with Crippen molar-refractivity contribution in [3.05, 3.63) is 34.9 Å². The molecule has 3 rings (SSSR count). The molecule has 3 nitrogen and oxygen atoms in total. The van der Waals surface area contributed by atoms with Crippen LogP contribution in [0.3, 0.4) is 0 Å². The summed E-state index contributed by atoms with van der Waals surface area (Å²) >= 11 is 6.37. The summed E-state index contributed by atoms with van der Waals surface area (Å²) in [6, 6.07) is 8.74. The van der Waals surface area contributed by atoms with Crippen LogP contribution < -0.4 is 0 Å². The summed E-state index contributed by atoms with van der Waals surface area (Å²) in [6.45, 7) is 4.56. The highest BCUT2D eigenvalue weighted by Gasteiger charge is 2.35. The lowest BCUT2D eigenvalue weighted by Gasteiger charge is -2.32. The molecule has 1 aliphatic carbocycles. The minimum atomic E-state index is 0.187. The van der Waals surface area contributed by atoms with Crippen molar-refractivity contribution in [2.24, 2.45) is 0 Å². The van der Waals surface area contributed by atoms with Crippen LogP contribution in [-0.2, 0) is 4.79 Å². The average Bonchev–Trinajstić information content (AvgIpc) is 3.38. The number of benzene rings is 1. The lowest BCUT2D eigenvalue weighted by atomic mass is 10.1. The van der Waals surface area contributed by atoms with Gasteiger partial charge >= 0.3 is 0 Å². The first-order valence-electron chi connectivity index (χ1n) is 8.95. The highest BCUT2D eigenvalue weighted by molar-refractivity contribution is 6.31. The van der Waals surface area contributed by atoms with Gasteiger partial charge in [0.25, 0.3) is 0 Å². The fourth-order valence-corrected chi connectivity index (χ4v) is 3.85. The Morgan fingerprint density at radius 2 is 1.87 bits per heavy atom. The van der Waals surface area contributed by atoms with Gasteiger partial charge in [0.05, 0.1) is 6.54 Å². The predicted octanol–water partition coefficient (Wildman–Crippen LogP) is 4.27. The van der Waals surface area contributed by atoms with Crippen molar-refractivity contribution in [2.45, 2.75) is 57.5 Å². The SMILES string of the molecule is CC(c1ccccc1Cl)N(CC(=O)N1CCCCCC1)C1CC1. The van der Waals surface area contributed by atoms with E-state index in [1.54, 1.807) is 0 Å². The monoisotopic (exact) mass is 334 g/mol. The van der Waals surface area contributed by atoms with Crippen LogP contribution in [0.5, 0.6) is 0 Å². The van der Waals surface area contributed by atoms with Gasteiger partial charge in [-0.1, -0.05) is 42.6 Å². The van der Waals surface area contributed by atoms with Crippen LogP contribution >= 0.6 is 11.6 Å². The lowest BCUT2D eigenvalue weighted by molar-refractivity contribution is -0.133. The number of nitrogens with zero attached hydrogens (tertiary/aromatic N) is 2. The standard InChI is InChI=1S/C19H27ClN2O/c1-15(17-8-4-5-9-18(17)20)22(16-10-11-16)14-19(23)21-12-6-2-3-7-13-21/h4-5,8-9,15-16H,2-3,6-7,10-14H2,1H3. The Morgan fingerprint density at radius 3 is 2.48 bits per heavy atom. The Balaban J connectivity index is 1.69. The average molecular weight is 335 g/mol. The third-order valence-electron chi connectivity index (χ3n) is 5.15. The van der Waals surface area contributed by atoms with Crippen LogP contribution in [0, 0.1) is 0 Å². The van der Waals surface area contributed by atoms with E-state index in [0.717, 1.165) is 36.5 Å². The van der Waals surface area contributed by atoms with E-state index >= 15 is 0 Å². The molecule has 1 saturated heterocycles. The first-order valence-corrected chi connectivity index (χ1v) is 9.32. The Labute approximate surface area is 144 Å². The molecule has 1 atom stereocenters. The highest BCUT2D eigenvalue weighted by atomic mass is 35.5. The van der Waals surface area contributed by atoms with Gasteiger partial charge in [0, 0.05) is 30.2 Å². The molecule has 23 heavy (non-hydrogen) atoms. The summed E-state index contributed by atoms with van der Waals surface area (Å²) in [5.74, 6) is 0.290. The van der Waals surface area contributed by atoms with Gasteiger partial charge < -0.3 is 4.90 Å². The molecule has 2 aliphatic rings. The van der Waals surface area contributed by atoms with Crippen molar-refractivity contribution in [3.63, 3.8) is 0 Å². The second-order valence-corrected chi connectivity index (χ2v) is 7.30.